The summed E-state index contributed by atoms with van der Waals surface area (Å²) < 4.78 is 22.1. The summed E-state index contributed by atoms with van der Waals surface area (Å²) in [5, 5.41) is 0.532. The summed E-state index contributed by atoms with van der Waals surface area (Å²) in [5.74, 6) is 2.60. The largest absolute Gasteiger partial charge is 0.454 e. The van der Waals surface area contributed by atoms with Gasteiger partial charge >= 0.3 is 0 Å². The molecule has 0 aliphatic carbocycles. The Balaban J connectivity index is 1.59. The van der Waals surface area contributed by atoms with Crippen molar-refractivity contribution in [2.45, 2.75) is 25.9 Å². The molecule has 0 saturated carbocycles. The van der Waals surface area contributed by atoms with E-state index in [1.807, 2.05) is 13.0 Å². The Bertz CT molecular complexity index is 755. The van der Waals surface area contributed by atoms with E-state index in [4.69, 9.17) is 30.2 Å². The highest BCUT2D eigenvalue weighted by molar-refractivity contribution is 6.33. The molecule has 6 nitrogen and oxygen atoms in total. The summed E-state index contributed by atoms with van der Waals surface area (Å²) in [7, 11) is 2.08. The molecule has 1 atom stereocenters. The fourth-order valence-corrected chi connectivity index (χ4v) is 3.24. The number of benzene rings is 1. The van der Waals surface area contributed by atoms with E-state index in [2.05, 4.69) is 16.9 Å². The zero-order valence-corrected chi connectivity index (χ0v) is 14.4. The predicted octanol–water partition coefficient (Wildman–Crippen LogP) is 3.25. The highest BCUT2D eigenvalue weighted by atomic mass is 35.5. The number of oxazole rings is 1. The van der Waals surface area contributed by atoms with Crippen molar-refractivity contribution < 1.29 is 18.6 Å². The van der Waals surface area contributed by atoms with Gasteiger partial charge in [-0.3, -0.25) is 4.90 Å². The lowest BCUT2D eigenvalue weighted by molar-refractivity contribution is 0.155. The standard InChI is InChI=1S/C17H19ClN2O4/c1-10-14(7-20(2)11-3-4-21-8-11)19-17(24-10)12-5-15-16(6-13(12)18)23-9-22-15/h5-6,11H,3-4,7-9H2,1-2H3/t11-/m1/s1. The number of hydrogen-bond acceptors (Lipinski definition) is 6. The molecule has 0 radical (unpaired) electrons. The van der Waals surface area contributed by atoms with Crippen molar-refractivity contribution in [1.29, 1.82) is 0 Å². The number of hydrogen-bond donors (Lipinski definition) is 0. The number of ether oxygens (including phenoxy) is 3. The lowest BCUT2D eigenvalue weighted by Gasteiger charge is -2.21. The van der Waals surface area contributed by atoms with Crippen molar-refractivity contribution >= 4 is 11.6 Å². The van der Waals surface area contributed by atoms with E-state index < -0.39 is 0 Å². The molecule has 1 fully saturated rings. The first kappa shape index (κ1) is 15.7. The van der Waals surface area contributed by atoms with Crippen LogP contribution in [-0.4, -0.2) is 43.0 Å². The second-order valence-electron chi connectivity index (χ2n) is 6.14. The lowest BCUT2D eigenvalue weighted by atomic mass is 10.2. The Morgan fingerprint density at radius 3 is 2.83 bits per heavy atom. The average molecular weight is 351 g/mol. The number of aromatic nitrogens is 1. The van der Waals surface area contributed by atoms with Crippen molar-refractivity contribution in [3.8, 4) is 23.0 Å². The number of likely N-dealkylation sites (N-methyl/N-ethyl adjacent to an activating group) is 1. The van der Waals surface area contributed by atoms with E-state index in [-0.39, 0.29) is 6.79 Å². The van der Waals surface area contributed by atoms with E-state index in [0.717, 1.165) is 31.1 Å². The van der Waals surface area contributed by atoms with Crippen molar-refractivity contribution in [3.63, 3.8) is 0 Å². The molecule has 1 aromatic carbocycles. The van der Waals surface area contributed by atoms with Crippen LogP contribution in [0.15, 0.2) is 16.5 Å². The third-order valence-corrected chi connectivity index (χ3v) is 4.83. The van der Waals surface area contributed by atoms with E-state index in [1.165, 1.54) is 0 Å². The van der Waals surface area contributed by atoms with Gasteiger partial charge in [-0.15, -0.1) is 0 Å². The minimum atomic E-state index is 0.208. The summed E-state index contributed by atoms with van der Waals surface area (Å²) in [6.07, 6.45) is 1.05. The summed E-state index contributed by atoms with van der Waals surface area (Å²) in [6, 6.07) is 3.98. The molecule has 0 unspecified atom stereocenters. The predicted molar refractivity (Wildman–Crippen MR) is 88.5 cm³/mol. The average Bonchev–Trinajstić information content (AvgIpc) is 3.27. The quantitative estimate of drug-likeness (QED) is 0.843. The van der Waals surface area contributed by atoms with Crippen molar-refractivity contribution in [3.05, 3.63) is 28.6 Å². The maximum absolute atomic E-state index is 6.35. The molecular formula is C17H19ClN2O4. The monoisotopic (exact) mass is 350 g/mol. The maximum atomic E-state index is 6.35. The molecule has 0 N–H and O–H groups in total. The third-order valence-electron chi connectivity index (χ3n) is 4.51. The fourth-order valence-electron chi connectivity index (χ4n) is 3.01. The molecule has 7 heteroatoms. The Labute approximate surface area is 145 Å². The molecule has 2 aliphatic heterocycles. The first-order valence-electron chi connectivity index (χ1n) is 7.95. The fraction of sp³-hybridized carbons (Fsp3) is 0.471. The SMILES string of the molecule is Cc1oc(-c2cc3c(cc2Cl)OCO3)nc1CN(C)[C@@H]1CCOC1. The van der Waals surface area contributed by atoms with E-state index in [1.54, 1.807) is 6.07 Å². The molecule has 2 aromatic rings. The second kappa shape index (κ2) is 6.27. The Hall–Kier alpha value is -1.76. The molecule has 1 aromatic heterocycles. The molecule has 0 amide bonds. The molecule has 0 spiro atoms. The molecular weight excluding hydrogens is 332 g/mol. The van der Waals surface area contributed by atoms with Crippen LogP contribution in [0, 0.1) is 6.92 Å². The van der Waals surface area contributed by atoms with Crippen LogP contribution >= 0.6 is 11.6 Å². The van der Waals surface area contributed by atoms with E-state index in [0.29, 0.717) is 40.6 Å². The topological polar surface area (TPSA) is 57.0 Å². The van der Waals surface area contributed by atoms with Crippen molar-refractivity contribution in [2.24, 2.45) is 0 Å². The van der Waals surface area contributed by atoms with Crippen LogP contribution < -0.4 is 9.47 Å². The molecule has 128 valence electrons. The van der Waals surface area contributed by atoms with Gasteiger partial charge in [-0.2, -0.15) is 0 Å². The summed E-state index contributed by atoms with van der Waals surface area (Å²) in [4.78, 5) is 6.90. The van der Waals surface area contributed by atoms with Crippen molar-refractivity contribution in [2.75, 3.05) is 27.1 Å². The highest BCUT2D eigenvalue weighted by Crippen LogP contribution is 2.41. The van der Waals surface area contributed by atoms with Gasteiger partial charge in [-0.05, 0) is 26.5 Å². The normalized spacial score (nSPS) is 19.4. The van der Waals surface area contributed by atoms with Crippen LogP contribution in [0.5, 0.6) is 11.5 Å². The highest BCUT2D eigenvalue weighted by Gasteiger charge is 2.24. The zero-order chi connectivity index (χ0) is 16.7. The molecule has 0 bridgehead atoms. The minimum absolute atomic E-state index is 0.208. The van der Waals surface area contributed by atoms with Gasteiger partial charge in [0.1, 0.15) is 5.76 Å². The van der Waals surface area contributed by atoms with Gasteiger partial charge in [0.05, 0.1) is 22.9 Å². The molecule has 4 rings (SSSR count). The van der Waals surface area contributed by atoms with Gasteiger partial charge in [0.25, 0.3) is 0 Å². The molecule has 2 aliphatic rings. The van der Waals surface area contributed by atoms with Crippen LogP contribution in [0.25, 0.3) is 11.5 Å². The number of nitrogens with zero attached hydrogens (tertiary/aromatic N) is 2. The Kier molecular flexibility index (Phi) is 4.12. The third kappa shape index (κ3) is 2.85. The maximum Gasteiger partial charge on any atom is 0.231 e. The number of aryl methyl sites for hydroxylation is 1. The first-order chi connectivity index (χ1) is 11.6. The Morgan fingerprint density at radius 1 is 1.29 bits per heavy atom. The van der Waals surface area contributed by atoms with Gasteiger partial charge in [0.2, 0.25) is 12.7 Å². The molecule has 24 heavy (non-hydrogen) atoms. The lowest BCUT2D eigenvalue weighted by Crippen LogP contribution is -2.31. The second-order valence-corrected chi connectivity index (χ2v) is 6.55. The summed E-state index contributed by atoms with van der Waals surface area (Å²) in [5.41, 5.74) is 1.62. The minimum Gasteiger partial charge on any atom is -0.454 e. The molecule has 3 heterocycles. The number of rotatable bonds is 4. The summed E-state index contributed by atoms with van der Waals surface area (Å²) in [6.45, 7) is 4.44. The van der Waals surface area contributed by atoms with Crippen LogP contribution in [0.2, 0.25) is 5.02 Å². The van der Waals surface area contributed by atoms with Crippen LogP contribution in [0.4, 0.5) is 0 Å². The van der Waals surface area contributed by atoms with Crippen LogP contribution in [0.1, 0.15) is 17.9 Å². The van der Waals surface area contributed by atoms with Gasteiger partial charge in [-0.1, -0.05) is 11.6 Å². The van der Waals surface area contributed by atoms with Gasteiger partial charge < -0.3 is 18.6 Å². The van der Waals surface area contributed by atoms with Gasteiger partial charge in [0.15, 0.2) is 11.5 Å². The first-order valence-corrected chi connectivity index (χ1v) is 8.33. The van der Waals surface area contributed by atoms with E-state index in [9.17, 15) is 0 Å². The van der Waals surface area contributed by atoms with E-state index >= 15 is 0 Å². The van der Waals surface area contributed by atoms with Gasteiger partial charge in [-0.25, -0.2) is 4.98 Å². The summed E-state index contributed by atoms with van der Waals surface area (Å²) >= 11 is 6.35. The van der Waals surface area contributed by atoms with Crippen molar-refractivity contribution in [1.82, 2.24) is 9.88 Å². The Morgan fingerprint density at radius 2 is 2.08 bits per heavy atom. The van der Waals surface area contributed by atoms with Crippen LogP contribution in [0.3, 0.4) is 0 Å². The van der Waals surface area contributed by atoms with Gasteiger partial charge in [0, 0.05) is 25.3 Å². The number of halogens is 1. The van der Waals surface area contributed by atoms with Crippen LogP contribution in [-0.2, 0) is 11.3 Å². The zero-order valence-electron chi connectivity index (χ0n) is 13.7. The number of fused-ring (bicyclic) bond motifs is 1. The molecule has 1 saturated heterocycles. The smallest absolute Gasteiger partial charge is 0.231 e.